The number of carbonyl (C=O) groups is 2. The molecule has 0 bridgehead atoms. The first-order chi connectivity index (χ1) is 13.0. The first-order valence-corrected chi connectivity index (χ1v) is 8.96. The van der Waals surface area contributed by atoms with Gasteiger partial charge >= 0.3 is 0 Å². The fourth-order valence-electron chi connectivity index (χ4n) is 3.05. The Labute approximate surface area is 158 Å². The summed E-state index contributed by atoms with van der Waals surface area (Å²) in [5.74, 6) is -0.225. The van der Waals surface area contributed by atoms with Crippen molar-refractivity contribution >= 4 is 28.4 Å². The zero-order valence-corrected chi connectivity index (χ0v) is 15.8. The summed E-state index contributed by atoms with van der Waals surface area (Å²) in [6.07, 6.45) is 0.934. The zero-order valence-electron chi connectivity index (χ0n) is 15.8. The summed E-state index contributed by atoms with van der Waals surface area (Å²) in [7, 11) is 1.62. The summed E-state index contributed by atoms with van der Waals surface area (Å²) in [6.45, 7) is 3.85. The standard InChI is InChI=1S/C22H23N3O2/c1-14-8-10-20-17(12-14)13-18(15(2)24-20)22(27)25-19-7-5-4-6-16(19)9-11-21(26)23-3/h4-8,10,12-13H,9,11H2,1-3H3,(H,23,26)(H,25,27). The van der Waals surface area contributed by atoms with Crippen molar-refractivity contribution in [1.82, 2.24) is 10.3 Å². The molecular weight excluding hydrogens is 338 g/mol. The lowest BCUT2D eigenvalue weighted by Gasteiger charge is -2.12. The van der Waals surface area contributed by atoms with Crippen LogP contribution in [0.15, 0.2) is 48.5 Å². The maximum absolute atomic E-state index is 12.9. The van der Waals surface area contributed by atoms with Crippen LogP contribution in [0.4, 0.5) is 5.69 Å². The fourth-order valence-corrected chi connectivity index (χ4v) is 3.05. The third-order valence-corrected chi connectivity index (χ3v) is 4.57. The molecule has 0 aliphatic rings. The van der Waals surface area contributed by atoms with Crippen LogP contribution in [0.1, 0.15) is 33.6 Å². The molecule has 138 valence electrons. The summed E-state index contributed by atoms with van der Waals surface area (Å²) in [6, 6.07) is 15.4. The van der Waals surface area contributed by atoms with Gasteiger partial charge in [0.05, 0.1) is 16.8 Å². The van der Waals surface area contributed by atoms with Crippen LogP contribution in [0.3, 0.4) is 0 Å². The molecule has 27 heavy (non-hydrogen) atoms. The number of aryl methyl sites for hydroxylation is 3. The van der Waals surface area contributed by atoms with Gasteiger partial charge in [0, 0.05) is 24.5 Å². The van der Waals surface area contributed by atoms with E-state index in [0.29, 0.717) is 24.1 Å². The fraction of sp³-hybridized carbons (Fsp3) is 0.227. The topological polar surface area (TPSA) is 71.1 Å². The molecule has 1 aromatic heterocycles. The van der Waals surface area contributed by atoms with E-state index in [2.05, 4.69) is 15.6 Å². The third-order valence-electron chi connectivity index (χ3n) is 4.57. The first-order valence-electron chi connectivity index (χ1n) is 8.96. The highest BCUT2D eigenvalue weighted by Crippen LogP contribution is 2.21. The van der Waals surface area contributed by atoms with Gasteiger partial charge in [-0.25, -0.2) is 0 Å². The van der Waals surface area contributed by atoms with E-state index in [1.54, 1.807) is 7.05 Å². The van der Waals surface area contributed by atoms with Gasteiger partial charge in [-0.2, -0.15) is 0 Å². The van der Waals surface area contributed by atoms with Crippen LogP contribution in [0, 0.1) is 13.8 Å². The van der Waals surface area contributed by atoms with E-state index in [1.165, 1.54) is 0 Å². The quantitative estimate of drug-likeness (QED) is 0.726. The number of nitrogens with one attached hydrogen (secondary N) is 2. The molecule has 0 atom stereocenters. The van der Waals surface area contributed by atoms with Gasteiger partial charge in [-0.15, -0.1) is 0 Å². The molecule has 3 aromatic rings. The van der Waals surface area contributed by atoms with Gasteiger partial charge in [-0.1, -0.05) is 29.8 Å². The maximum Gasteiger partial charge on any atom is 0.257 e. The van der Waals surface area contributed by atoms with Gasteiger partial charge in [-0.3, -0.25) is 14.6 Å². The Hall–Kier alpha value is -3.21. The van der Waals surface area contributed by atoms with Gasteiger partial charge in [0.2, 0.25) is 5.91 Å². The molecule has 3 rings (SSSR count). The molecule has 0 spiro atoms. The van der Waals surface area contributed by atoms with Crippen LogP contribution < -0.4 is 10.6 Å². The van der Waals surface area contributed by atoms with Crippen LogP contribution in [0.2, 0.25) is 0 Å². The second kappa shape index (κ2) is 7.99. The highest BCUT2D eigenvalue weighted by molar-refractivity contribution is 6.07. The number of hydrogen-bond donors (Lipinski definition) is 2. The zero-order chi connectivity index (χ0) is 19.4. The number of benzene rings is 2. The molecule has 2 amide bonds. The van der Waals surface area contributed by atoms with E-state index >= 15 is 0 Å². The number of hydrogen-bond acceptors (Lipinski definition) is 3. The van der Waals surface area contributed by atoms with E-state index < -0.39 is 0 Å². The van der Waals surface area contributed by atoms with Gasteiger partial charge in [0.25, 0.3) is 5.91 Å². The van der Waals surface area contributed by atoms with Crippen LogP contribution in [-0.2, 0) is 11.2 Å². The largest absolute Gasteiger partial charge is 0.359 e. The molecule has 5 heteroatoms. The highest BCUT2D eigenvalue weighted by Gasteiger charge is 2.14. The maximum atomic E-state index is 12.9. The van der Waals surface area contributed by atoms with Gasteiger partial charge in [0.1, 0.15) is 0 Å². The number of nitrogens with zero attached hydrogens (tertiary/aromatic N) is 1. The van der Waals surface area contributed by atoms with Crippen LogP contribution in [-0.4, -0.2) is 23.8 Å². The Morgan fingerprint density at radius 2 is 1.81 bits per heavy atom. The monoisotopic (exact) mass is 361 g/mol. The molecule has 1 heterocycles. The van der Waals surface area contributed by atoms with Crippen molar-refractivity contribution in [3.63, 3.8) is 0 Å². The second-order valence-corrected chi connectivity index (χ2v) is 6.60. The molecule has 0 unspecified atom stereocenters. The van der Waals surface area contributed by atoms with Crippen molar-refractivity contribution in [3.8, 4) is 0 Å². The average molecular weight is 361 g/mol. The van der Waals surface area contributed by atoms with E-state index in [-0.39, 0.29) is 11.8 Å². The number of amides is 2. The van der Waals surface area contributed by atoms with Crippen molar-refractivity contribution in [2.24, 2.45) is 0 Å². The van der Waals surface area contributed by atoms with Crippen LogP contribution in [0.5, 0.6) is 0 Å². The number of carbonyl (C=O) groups excluding carboxylic acids is 2. The SMILES string of the molecule is CNC(=O)CCc1ccccc1NC(=O)c1cc2cc(C)ccc2nc1C. The molecule has 2 N–H and O–H groups in total. The van der Waals surface area contributed by atoms with Gasteiger partial charge in [-0.05, 0) is 50.1 Å². The lowest BCUT2D eigenvalue weighted by Crippen LogP contribution is -2.19. The number of pyridine rings is 1. The predicted molar refractivity (Wildman–Crippen MR) is 108 cm³/mol. The number of rotatable bonds is 5. The number of aromatic nitrogens is 1. The summed E-state index contributed by atoms with van der Waals surface area (Å²) >= 11 is 0. The number of anilines is 1. The van der Waals surface area contributed by atoms with Crippen molar-refractivity contribution in [3.05, 3.63) is 70.9 Å². The molecular formula is C22H23N3O2. The minimum absolute atomic E-state index is 0.0268. The van der Waals surface area contributed by atoms with E-state index in [0.717, 1.165) is 27.7 Å². The van der Waals surface area contributed by atoms with Gasteiger partial charge in [0.15, 0.2) is 0 Å². The smallest absolute Gasteiger partial charge is 0.257 e. The molecule has 0 saturated carbocycles. The second-order valence-electron chi connectivity index (χ2n) is 6.60. The highest BCUT2D eigenvalue weighted by atomic mass is 16.2. The Kier molecular flexibility index (Phi) is 5.50. The lowest BCUT2D eigenvalue weighted by atomic mass is 10.1. The minimum atomic E-state index is -0.198. The van der Waals surface area contributed by atoms with Gasteiger partial charge < -0.3 is 10.6 Å². The molecule has 5 nitrogen and oxygen atoms in total. The van der Waals surface area contributed by atoms with E-state index in [9.17, 15) is 9.59 Å². The lowest BCUT2D eigenvalue weighted by molar-refractivity contribution is -0.120. The summed E-state index contributed by atoms with van der Waals surface area (Å²) in [4.78, 5) is 29.0. The van der Waals surface area contributed by atoms with Crippen molar-refractivity contribution < 1.29 is 9.59 Å². The molecule has 2 aromatic carbocycles. The Bertz CT molecular complexity index is 1010. The van der Waals surface area contributed by atoms with Crippen LogP contribution >= 0.6 is 0 Å². The number of para-hydroxylation sites is 1. The van der Waals surface area contributed by atoms with Crippen LogP contribution in [0.25, 0.3) is 10.9 Å². The number of fused-ring (bicyclic) bond motifs is 1. The summed E-state index contributed by atoms with van der Waals surface area (Å²) < 4.78 is 0. The first kappa shape index (κ1) is 18.6. The molecule has 0 aliphatic carbocycles. The van der Waals surface area contributed by atoms with Crippen molar-refractivity contribution in [2.75, 3.05) is 12.4 Å². The summed E-state index contributed by atoms with van der Waals surface area (Å²) in [5.41, 5.74) is 4.88. The molecule has 0 aliphatic heterocycles. The Morgan fingerprint density at radius 1 is 1.04 bits per heavy atom. The molecule has 0 radical (unpaired) electrons. The Balaban J connectivity index is 1.86. The van der Waals surface area contributed by atoms with E-state index in [4.69, 9.17) is 0 Å². The minimum Gasteiger partial charge on any atom is -0.359 e. The predicted octanol–water partition coefficient (Wildman–Crippen LogP) is 3.78. The van der Waals surface area contributed by atoms with Crippen molar-refractivity contribution in [1.29, 1.82) is 0 Å². The molecule has 0 saturated heterocycles. The molecule has 0 fully saturated rings. The summed E-state index contributed by atoms with van der Waals surface area (Å²) in [5, 5.41) is 6.54. The van der Waals surface area contributed by atoms with Crippen molar-refractivity contribution in [2.45, 2.75) is 26.7 Å². The third kappa shape index (κ3) is 4.31. The average Bonchev–Trinajstić information content (AvgIpc) is 2.66. The Morgan fingerprint density at radius 3 is 2.59 bits per heavy atom. The normalized spacial score (nSPS) is 10.6. The van der Waals surface area contributed by atoms with E-state index in [1.807, 2.05) is 62.4 Å².